The lowest BCUT2D eigenvalue weighted by molar-refractivity contribution is -0.119. The van der Waals surface area contributed by atoms with Crippen molar-refractivity contribution in [1.29, 1.82) is 0 Å². The Balaban J connectivity index is 1.96. The first kappa shape index (κ1) is 14.7. The van der Waals surface area contributed by atoms with Crippen molar-refractivity contribution in [1.82, 2.24) is 0 Å². The van der Waals surface area contributed by atoms with E-state index in [0.717, 1.165) is 51.7 Å². The molecule has 0 aromatic carbocycles. The van der Waals surface area contributed by atoms with Crippen LogP contribution in [0.3, 0.4) is 0 Å². The quantitative estimate of drug-likeness (QED) is 0.675. The Bertz CT molecular complexity index is 212. The van der Waals surface area contributed by atoms with Crippen LogP contribution in [0.25, 0.3) is 0 Å². The molecule has 1 saturated heterocycles. The van der Waals surface area contributed by atoms with Gasteiger partial charge in [-0.3, -0.25) is 4.79 Å². The third kappa shape index (κ3) is 6.79. The van der Waals surface area contributed by atoms with Crippen molar-refractivity contribution in [3.8, 4) is 0 Å². The van der Waals surface area contributed by atoms with Gasteiger partial charge >= 0.3 is 0 Å². The van der Waals surface area contributed by atoms with Gasteiger partial charge in [-0.25, -0.2) is 0 Å². The van der Waals surface area contributed by atoms with Crippen molar-refractivity contribution in [2.45, 2.75) is 64.4 Å². The van der Waals surface area contributed by atoms with Crippen LogP contribution in [0.5, 0.6) is 0 Å². The third-order valence-corrected chi connectivity index (χ3v) is 3.58. The Hall–Kier alpha value is -0.410. The van der Waals surface area contributed by atoms with Gasteiger partial charge in [0, 0.05) is 19.4 Å². The lowest BCUT2D eigenvalue weighted by Crippen LogP contribution is -2.09. The monoisotopic (exact) mass is 241 g/mol. The van der Waals surface area contributed by atoms with Gasteiger partial charge in [-0.05, 0) is 51.0 Å². The second kappa shape index (κ2) is 8.65. The predicted molar refractivity (Wildman–Crippen MR) is 69.9 cm³/mol. The zero-order valence-corrected chi connectivity index (χ0v) is 11.1. The van der Waals surface area contributed by atoms with Crippen molar-refractivity contribution in [3.63, 3.8) is 0 Å². The molecule has 0 aliphatic carbocycles. The summed E-state index contributed by atoms with van der Waals surface area (Å²) >= 11 is 0. The topological polar surface area (TPSA) is 52.3 Å². The van der Waals surface area contributed by atoms with Crippen LogP contribution in [-0.2, 0) is 9.53 Å². The summed E-state index contributed by atoms with van der Waals surface area (Å²) < 4.78 is 5.54. The van der Waals surface area contributed by atoms with Gasteiger partial charge in [0.25, 0.3) is 0 Å². The molecule has 0 aromatic heterocycles. The molecule has 0 amide bonds. The van der Waals surface area contributed by atoms with Crippen molar-refractivity contribution >= 4 is 5.78 Å². The van der Waals surface area contributed by atoms with Gasteiger partial charge in [0.1, 0.15) is 5.78 Å². The van der Waals surface area contributed by atoms with E-state index in [1.54, 1.807) is 0 Å². The molecule has 0 bridgehead atoms. The van der Waals surface area contributed by atoms with Gasteiger partial charge in [0.15, 0.2) is 0 Å². The van der Waals surface area contributed by atoms with Crippen molar-refractivity contribution in [2.75, 3.05) is 13.2 Å². The minimum absolute atomic E-state index is 0.409. The van der Waals surface area contributed by atoms with Crippen LogP contribution in [0.4, 0.5) is 0 Å². The van der Waals surface area contributed by atoms with Gasteiger partial charge in [0.05, 0.1) is 6.10 Å². The van der Waals surface area contributed by atoms with Crippen LogP contribution in [-0.4, -0.2) is 25.0 Å². The number of ketones is 1. The zero-order valence-electron chi connectivity index (χ0n) is 11.1. The first-order chi connectivity index (χ1) is 8.22. The maximum absolute atomic E-state index is 11.7. The molecule has 0 radical (unpaired) electrons. The molecule has 1 fully saturated rings. The second-order valence-electron chi connectivity index (χ2n) is 5.29. The van der Waals surface area contributed by atoms with E-state index in [0.29, 0.717) is 17.8 Å². The van der Waals surface area contributed by atoms with E-state index in [9.17, 15) is 4.79 Å². The first-order valence-electron chi connectivity index (χ1n) is 7.05. The first-order valence-corrected chi connectivity index (χ1v) is 7.05. The maximum Gasteiger partial charge on any atom is 0.132 e. The molecule has 3 heteroatoms. The van der Waals surface area contributed by atoms with E-state index < -0.39 is 0 Å². The molecule has 0 saturated carbocycles. The molecule has 0 spiro atoms. The number of nitrogens with two attached hydrogens (primary N) is 1. The third-order valence-electron chi connectivity index (χ3n) is 3.58. The molecule has 1 rings (SSSR count). The summed E-state index contributed by atoms with van der Waals surface area (Å²) in [6.45, 7) is 3.82. The van der Waals surface area contributed by atoms with Crippen LogP contribution in [0.2, 0.25) is 0 Å². The zero-order chi connectivity index (χ0) is 12.5. The van der Waals surface area contributed by atoms with Crippen LogP contribution in [0, 0.1) is 5.92 Å². The number of rotatable bonds is 9. The number of ether oxygens (including phenoxy) is 1. The fourth-order valence-corrected chi connectivity index (χ4v) is 2.36. The Labute approximate surface area is 105 Å². The number of carbonyl (C=O) groups is 1. The van der Waals surface area contributed by atoms with Crippen molar-refractivity contribution in [3.05, 3.63) is 0 Å². The molecular formula is C14H27NO2. The number of hydrogen-bond acceptors (Lipinski definition) is 3. The average Bonchev–Trinajstić information content (AvgIpc) is 2.80. The van der Waals surface area contributed by atoms with Crippen LogP contribution in [0.15, 0.2) is 0 Å². The maximum atomic E-state index is 11.7. The van der Waals surface area contributed by atoms with Gasteiger partial charge in [0.2, 0.25) is 0 Å². The normalized spacial score (nSPS) is 21.6. The Morgan fingerprint density at radius 1 is 1.41 bits per heavy atom. The molecule has 100 valence electrons. The highest BCUT2D eigenvalue weighted by Crippen LogP contribution is 2.18. The van der Waals surface area contributed by atoms with E-state index in [4.69, 9.17) is 10.5 Å². The SMILES string of the molecule is CC(CCN)CCC(=O)CCCC1CCCO1. The number of carbonyl (C=O) groups excluding carboxylic acids is 1. The van der Waals surface area contributed by atoms with E-state index >= 15 is 0 Å². The fourth-order valence-electron chi connectivity index (χ4n) is 2.36. The molecule has 3 nitrogen and oxygen atoms in total. The standard InChI is InChI=1S/C14H27NO2/c1-12(9-10-15)7-8-13(16)4-2-5-14-6-3-11-17-14/h12,14H,2-11,15H2,1H3. The predicted octanol–water partition coefficient (Wildman–Crippen LogP) is 2.67. The largest absolute Gasteiger partial charge is 0.378 e. The van der Waals surface area contributed by atoms with Gasteiger partial charge < -0.3 is 10.5 Å². The molecular weight excluding hydrogens is 214 g/mol. The lowest BCUT2D eigenvalue weighted by Gasteiger charge is -2.10. The minimum atomic E-state index is 0.409. The number of Topliss-reactive ketones (excluding diaryl/α,β-unsaturated/α-hetero) is 1. The van der Waals surface area contributed by atoms with E-state index in [1.807, 2.05) is 0 Å². The summed E-state index contributed by atoms with van der Waals surface area (Å²) in [5.41, 5.74) is 5.49. The number of hydrogen-bond donors (Lipinski definition) is 1. The lowest BCUT2D eigenvalue weighted by atomic mass is 9.98. The molecule has 2 unspecified atom stereocenters. The summed E-state index contributed by atoms with van der Waals surface area (Å²) in [7, 11) is 0. The highest BCUT2D eigenvalue weighted by molar-refractivity contribution is 5.78. The molecule has 2 atom stereocenters. The highest BCUT2D eigenvalue weighted by Gasteiger charge is 2.15. The fraction of sp³-hybridized carbons (Fsp3) is 0.929. The second-order valence-corrected chi connectivity index (χ2v) is 5.29. The van der Waals surface area contributed by atoms with Gasteiger partial charge in [-0.1, -0.05) is 6.92 Å². The summed E-state index contributed by atoms with van der Waals surface area (Å²) in [5, 5.41) is 0. The van der Waals surface area contributed by atoms with Crippen molar-refractivity contribution in [2.24, 2.45) is 11.7 Å². The summed E-state index contributed by atoms with van der Waals surface area (Å²) in [4.78, 5) is 11.7. The summed E-state index contributed by atoms with van der Waals surface area (Å²) in [6.07, 6.45) is 8.34. The minimum Gasteiger partial charge on any atom is -0.378 e. The molecule has 0 aromatic rings. The average molecular weight is 241 g/mol. The van der Waals surface area contributed by atoms with Gasteiger partial charge in [-0.2, -0.15) is 0 Å². The van der Waals surface area contributed by atoms with Crippen molar-refractivity contribution < 1.29 is 9.53 Å². The van der Waals surface area contributed by atoms with Crippen LogP contribution < -0.4 is 5.73 Å². The van der Waals surface area contributed by atoms with Crippen LogP contribution >= 0.6 is 0 Å². The molecule has 1 aliphatic rings. The Kier molecular flexibility index (Phi) is 7.45. The van der Waals surface area contributed by atoms with Gasteiger partial charge in [-0.15, -0.1) is 0 Å². The molecule has 2 N–H and O–H groups in total. The summed E-state index contributed by atoms with van der Waals surface area (Å²) in [6, 6.07) is 0. The molecule has 1 aliphatic heterocycles. The molecule has 17 heavy (non-hydrogen) atoms. The summed E-state index contributed by atoms with van der Waals surface area (Å²) in [5.74, 6) is 0.994. The van der Waals surface area contributed by atoms with E-state index in [1.165, 1.54) is 12.8 Å². The van der Waals surface area contributed by atoms with Crippen LogP contribution in [0.1, 0.15) is 58.3 Å². The van der Waals surface area contributed by atoms with E-state index in [-0.39, 0.29) is 0 Å². The highest BCUT2D eigenvalue weighted by atomic mass is 16.5. The van der Waals surface area contributed by atoms with E-state index in [2.05, 4.69) is 6.92 Å². The smallest absolute Gasteiger partial charge is 0.132 e. The Morgan fingerprint density at radius 2 is 2.24 bits per heavy atom. The molecule has 1 heterocycles. The Morgan fingerprint density at radius 3 is 2.88 bits per heavy atom.